The van der Waals surface area contributed by atoms with Crippen molar-refractivity contribution in [3.8, 4) is 0 Å². The summed E-state index contributed by atoms with van der Waals surface area (Å²) < 4.78 is 6.99. The minimum atomic E-state index is -0.618. The van der Waals surface area contributed by atoms with Crippen LogP contribution in [0, 0.1) is 13.8 Å². The van der Waals surface area contributed by atoms with Crippen molar-refractivity contribution in [2.75, 3.05) is 26.8 Å². The largest absolute Gasteiger partial charge is 0.387 e. The van der Waals surface area contributed by atoms with Crippen LogP contribution in [0.5, 0.6) is 0 Å². The number of benzene rings is 1. The molecule has 0 saturated heterocycles. The van der Waals surface area contributed by atoms with E-state index in [-0.39, 0.29) is 0 Å². The van der Waals surface area contributed by atoms with Gasteiger partial charge in [-0.15, -0.1) is 10.2 Å². The van der Waals surface area contributed by atoms with Crippen molar-refractivity contribution in [2.24, 2.45) is 12.0 Å². The number of aliphatic hydroxyl groups is 1. The number of nitrogens with one attached hydrogen (secondary N) is 2. The molecule has 8 heteroatoms. The Morgan fingerprint density at radius 1 is 1.30 bits per heavy atom. The lowest BCUT2D eigenvalue weighted by Crippen LogP contribution is -2.40. The summed E-state index contributed by atoms with van der Waals surface area (Å²) in [5.41, 5.74) is 2.00. The number of aliphatic hydroxyl groups excluding tert-OH is 1. The van der Waals surface area contributed by atoms with Gasteiger partial charge in [-0.3, -0.25) is 0 Å². The fourth-order valence-electron chi connectivity index (χ4n) is 2.52. The summed E-state index contributed by atoms with van der Waals surface area (Å²) in [6.45, 7) is 6.07. The Hall–Kier alpha value is -2.45. The van der Waals surface area contributed by atoms with E-state index in [2.05, 4.69) is 25.8 Å². The molecule has 0 fully saturated rings. The topological polar surface area (TPSA) is 96.6 Å². The Kier molecular flexibility index (Phi) is 8.22. The van der Waals surface area contributed by atoms with Crippen LogP contribution >= 0.6 is 0 Å². The average molecular weight is 374 g/mol. The predicted octanol–water partition coefficient (Wildman–Crippen LogP) is 1.24. The molecule has 0 amide bonds. The fraction of sp³-hybridized carbons (Fsp3) is 0.526. The maximum atomic E-state index is 10.4. The highest BCUT2D eigenvalue weighted by Gasteiger charge is 2.10. The molecule has 1 aromatic carbocycles. The smallest absolute Gasteiger partial charge is 0.191 e. The van der Waals surface area contributed by atoms with E-state index in [1.807, 2.05) is 49.7 Å². The van der Waals surface area contributed by atoms with Gasteiger partial charge < -0.3 is 25.0 Å². The highest BCUT2D eigenvalue weighted by atomic mass is 16.5. The van der Waals surface area contributed by atoms with Crippen molar-refractivity contribution in [1.29, 1.82) is 0 Å². The van der Waals surface area contributed by atoms with Gasteiger partial charge in [-0.1, -0.05) is 29.8 Å². The molecular weight excluding hydrogens is 344 g/mol. The number of rotatable bonds is 9. The van der Waals surface area contributed by atoms with E-state index >= 15 is 0 Å². The second kappa shape index (κ2) is 10.6. The monoisotopic (exact) mass is 374 g/mol. The molecule has 1 aromatic heterocycles. The molecule has 0 spiro atoms. The summed E-state index contributed by atoms with van der Waals surface area (Å²) >= 11 is 0. The number of guanidine groups is 1. The van der Waals surface area contributed by atoms with Crippen molar-refractivity contribution in [1.82, 2.24) is 25.4 Å². The Morgan fingerprint density at radius 2 is 2.11 bits per heavy atom. The number of ether oxygens (including phenoxy) is 1. The van der Waals surface area contributed by atoms with Crippen LogP contribution in [0.1, 0.15) is 35.3 Å². The zero-order chi connectivity index (χ0) is 19.6. The number of hydrogen-bond acceptors (Lipinski definition) is 5. The van der Waals surface area contributed by atoms with E-state index in [4.69, 9.17) is 4.74 Å². The third-order valence-electron chi connectivity index (χ3n) is 4.27. The lowest BCUT2D eigenvalue weighted by Gasteiger charge is -2.16. The lowest BCUT2D eigenvalue weighted by molar-refractivity contribution is 0.180. The summed E-state index contributed by atoms with van der Waals surface area (Å²) in [6, 6.07) is 7.86. The molecule has 148 valence electrons. The van der Waals surface area contributed by atoms with Crippen LogP contribution in [0.15, 0.2) is 29.3 Å². The van der Waals surface area contributed by atoms with E-state index in [0.717, 1.165) is 35.7 Å². The molecule has 0 aliphatic carbocycles. The first-order chi connectivity index (χ1) is 13.0. The number of nitrogens with zero attached hydrogens (tertiary/aromatic N) is 4. The van der Waals surface area contributed by atoms with Gasteiger partial charge in [0.25, 0.3) is 0 Å². The standard InChI is InChI=1S/C19H30N6O2/c1-14-7-5-8-16(11-14)17(26)12-21-19(20-9-6-10-27-4)22-13-18-24-23-15(2)25(18)3/h5,7-8,11,17,26H,6,9-10,12-13H2,1-4H3,(H2,20,21,22). The Morgan fingerprint density at radius 3 is 2.78 bits per heavy atom. The average Bonchev–Trinajstić information content (AvgIpc) is 2.98. The number of hydrogen-bond donors (Lipinski definition) is 3. The van der Waals surface area contributed by atoms with Gasteiger partial charge in [0, 0.05) is 33.9 Å². The highest BCUT2D eigenvalue weighted by molar-refractivity contribution is 5.79. The molecule has 0 aliphatic rings. The SMILES string of the molecule is COCCCNC(=NCc1nnc(C)n1C)NCC(O)c1cccc(C)c1. The molecule has 8 nitrogen and oxygen atoms in total. The maximum Gasteiger partial charge on any atom is 0.191 e. The summed E-state index contributed by atoms with van der Waals surface area (Å²) in [5.74, 6) is 2.25. The normalized spacial score (nSPS) is 12.9. The van der Waals surface area contributed by atoms with Gasteiger partial charge in [0.15, 0.2) is 11.8 Å². The third-order valence-corrected chi connectivity index (χ3v) is 4.27. The van der Waals surface area contributed by atoms with Gasteiger partial charge >= 0.3 is 0 Å². The van der Waals surface area contributed by atoms with E-state index in [1.54, 1.807) is 7.11 Å². The summed E-state index contributed by atoms with van der Waals surface area (Å²) in [4.78, 5) is 4.57. The minimum Gasteiger partial charge on any atom is -0.387 e. The summed E-state index contributed by atoms with van der Waals surface area (Å²) in [5, 5.41) is 25.1. The Labute approximate surface area is 160 Å². The quantitative estimate of drug-likeness (QED) is 0.347. The third kappa shape index (κ3) is 6.65. The van der Waals surface area contributed by atoms with E-state index < -0.39 is 6.10 Å². The van der Waals surface area contributed by atoms with Crippen molar-refractivity contribution in [2.45, 2.75) is 32.9 Å². The molecule has 1 unspecified atom stereocenters. The van der Waals surface area contributed by atoms with Gasteiger partial charge in [0.2, 0.25) is 0 Å². The first-order valence-corrected chi connectivity index (χ1v) is 9.12. The number of aliphatic imine (C=N–C) groups is 1. The second-order valence-corrected chi connectivity index (χ2v) is 6.47. The molecule has 2 aromatic rings. The molecule has 0 bridgehead atoms. The molecule has 2 rings (SSSR count). The first kappa shape index (κ1) is 20.9. The first-order valence-electron chi connectivity index (χ1n) is 9.12. The molecule has 3 N–H and O–H groups in total. The summed E-state index contributed by atoms with van der Waals surface area (Å²) in [7, 11) is 3.60. The van der Waals surface area contributed by atoms with E-state index in [1.165, 1.54) is 0 Å². The predicted molar refractivity (Wildman–Crippen MR) is 106 cm³/mol. The van der Waals surface area contributed by atoms with Crippen LogP contribution in [0.4, 0.5) is 0 Å². The number of methoxy groups -OCH3 is 1. The molecular formula is C19H30N6O2. The van der Waals surface area contributed by atoms with E-state index in [0.29, 0.717) is 25.7 Å². The van der Waals surface area contributed by atoms with Gasteiger partial charge in [-0.05, 0) is 25.8 Å². The van der Waals surface area contributed by atoms with Crippen LogP contribution in [0.3, 0.4) is 0 Å². The minimum absolute atomic E-state index is 0.359. The van der Waals surface area contributed by atoms with Crippen LogP contribution in [-0.2, 0) is 18.3 Å². The Balaban J connectivity index is 1.98. The van der Waals surface area contributed by atoms with Gasteiger partial charge in [-0.2, -0.15) is 0 Å². The van der Waals surface area contributed by atoms with Crippen molar-refractivity contribution in [3.63, 3.8) is 0 Å². The molecule has 27 heavy (non-hydrogen) atoms. The van der Waals surface area contributed by atoms with Crippen LogP contribution < -0.4 is 10.6 Å². The van der Waals surface area contributed by atoms with Crippen LogP contribution in [-0.4, -0.2) is 52.6 Å². The van der Waals surface area contributed by atoms with Gasteiger partial charge in [-0.25, -0.2) is 4.99 Å². The Bertz CT molecular complexity index is 744. The van der Waals surface area contributed by atoms with Gasteiger partial charge in [0.1, 0.15) is 12.4 Å². The van der Waals surface area contributed by atoms with Crippen molar-refractivity contribution < 1.29 is 9.84 Å². The molecule has 0 saturated carbocycles. The van der Waals surface area contributed by atoms with Crippen LogP contribution in [0.2, 0.25) is 0 Å². The second-order valence-electron chi connectivity index (χ2n) is 6.47. The van der Waals surface area contributed by atoms with Crippen molar-refractivity contribution in [3.05, 3.63) is 47.0 Å². The molecule has 1 heterocycles. The lowest BCUT2D eigenvalue weighted by atomic mass is 10.1. The molecule has 1 atom stereocenters. The summed E-state index contributed by atoms with van der Waals surface area (Å²) in [6.07, 6.45) is 0.244. The van der Waals surface area contributed by atoms with E-state index in [9.17, 15) is 5.11 Å². The fourth-order valence-corrected chi connectivity index (χ4v) is 2.52. The molecule has 0 aliphatic heterocycles. The highest BCUT2D eigenvalue weighted by Crippen LogP contribution is 2.13. The maximum absolute atomic E-state index is 10.4. The van der Waals surface area contributed by atoms with Crippen LogP contribution in [0.25, 0.3) is 0 Å². The molecule has 0 radical (unpaired) electrons. The number of aryl methyl sites for hydroxylation is 2. The zero-order valence-corrected chi connectivity index (χ0v) is 16.6. The van der Waals surface area contributed by atoms with Crippen molar-refractivity contribution >= 4 is 5.96 Å². The zero-order valence-electron chi connectivity index (χ0n) is 16.6. The number of aromatic nitrogens is 3. The van der Waals surface area contributed by atoms with Gasteiger partial charge in [0.05, 0.1) is 6.10 Å².